The molecular weight excluding hydrogens is 392 g/mol. The molecule has 1 rings (SSSR count). The molecule has 164 valence electrons. The number of benzene rings is 1. The predicted molar refractivity (Wildman–Crippen MR) is 116 cm³/mol. The number of hydrogen-bond acceptors (Lipinski definition) is 5. The summed E-state index contributed by atoms with van der Waals surface area (Å²) in [5.41, 5.74) is -1.33. The number of ether oxygens (including phenoxy) is 3. The third kappa shape index (κ3) is 7.54. The Bertz CT molecular complexity index is 640. The van der Waals surface area contributed by atoms with Crippen LogP contribution in [0.5, 0.6) is 11.5 Å². The Morgan fingerprint density at radius 3 is 2.10 bits per heavy atom. The standard InChI is InChI=1S/C23H35ClO5/c1-5-8-9-10-11-12-13-16-28-21(25)23(6-2,7-3)22(26)29-20-15-14-18(27-4)17-19(20)24/h14-15,17H,5-13,16H2,1-4H3. The highest BCUT2D eigenvalue weighted by atomic mass is 35.5. The van der Waals surface area contributed by atoms with Crippen molar-refractivity contribution in [1.82, 2.24) is 0 Å². The van der Waals surface area contributed by atoms with Gasteiger partial charge in [0, 0.05) is 6.07 Å². The smallest absolute Gasteiger partial charge is 0.328 e. The molecule has 0 fully saturated rings. The van der Waals surface area contributed by atoms with Crippen molar-refractivity contribution in [2.45, 2.75) is 78.6 Å². The second kappa shape index (κ2) is 13.5. The third-order valence-electron chi connectivity index (χ3n) is 5.31. The highest BCUT2D eigenvalue weighted by molar-refractivity contribution is 6.32. The Kier molecular flexibility index (Phi) is 11.7. The average molecular weight is 427 g/mol. The fraction of sp³-hybridized carbons (Fsp3) is 0.652. The SMILES string of the molecule is CCCCCCCCCOC(=O)C(CC)(CC)C(=O)Oc1ccc(OC)cc1Cl. The molecule has 0 saturated heterocycles. The molecule has 1 aromatic carbocycles. The van der Waals surface area contributed by atoms with Crippen molar-refractivity contribution in [2.24, 2.45) is 5.41 Å². The molecule has 0 atom stereocenters. The lowest BCUT2D eigenvalue weighted by Crippen LogP contribution is -2.42. The van der Waals surface area contributed by atoms with Gasteiger partial charge in [0.25, 0.3) is 0 Å². The number of hydrogen-bond donors (Lipinski definition) is 0. The highest BCUT2D eigenvalue weighted by Crippen LogP contribution is 2.34. The van der Waals surface area contributed by atoms with E-state index in [4.69, 9.17) is 25.8 Å². The average Bonchev–Trinajstić information content (AvgIpc) is 2.72. The van der Waals surface area contributed by atoms with Crippen molar-refractivity contribution < 1.29 is 23.8 Å². The van der Waals surface area contributed by atoms with E-state index in [0.29, 0.717) is 25.2 Å². The first-order valence-electron chi connectivity index (χ1n) is 10.7. The lowest BCUT2D eigenvalue weighted by molar-refractivity contribution is -0.168. The first-order valence-corrected chi connectivity index (χ1v) is 11.1. The van der Waals surface area contributed by atoms with Gasteiger partial charge < -0.3 is 14.2 Å². The van der Waals surface area contributed by atoms with Crippen LogP contribution in [0.4, 0.5) is 0 Å². The predicted octanol–water partition coefficient (Wildman–Crippen LogP) is 6.35. The van der Waals surface area contributed by atoms with Crippen molar-refractivity contribution in [1.29, 1.82) is 0 Å². The zero-order valence-corrected chi connectivity index (χ0v) is 19.0. The van der Waals surface area contributed by atoms with Crippen LogP contribution in [-0.2, 0) is 14.3 Å². The topological polar surface area (TPSA) is 61.8 Å². The number of carbonyl (C=O) groups excluding carboxylic acids is 2. The van der Waals surface area contributed by atoms with Crippen LogP contribution < -0.4 is 9.47 Å². The van der Waals surface area contributed by atoms with Crippen LogP contribution in [-0.4, -0.2) is 25.7 Å². The summed E-state index contributed by atoms with van der Waals surface area (Å²) >= 11 is 6.16. The minimum absolute atomic E-state index is 0.198. The third-order valence-corrected chi connectivity index (χ3v) is 5.61. The Hall–Kier alpha value is -1.75. The lowest BCUT2D eigenvalue weighted by Gasteiger charge is -2.27. The molecule has 0 aromatic heterocycles. The number of rotatable bonds is 14. The van der Waals surface area contributed by atoms with Crippen LogP contribution in [0.3, 0.4) is 0 Å². The van der Waals surface area contributed by atoms with Crippen LogP contribution in [0.25, 0.3) is 0 Å². The van der Waals surface area contributed by atoms with Crippen LogP contribution in [0.2, 0.25) is 5.02 Å². The number of carbonyl (C=O) groups is 2. The molecule has 0 aliphatic rings. The van der Waals surface area contributed by atoms with Crippen LogP contribution in [0.1, 0.15) is 78.6 Å². The van der Waals surface area contributed by atoms with Gasteiger partial charge in [0.15, 0.2) is 5.41 Å². The van der Waals surface area contributed by atoms with Crippen molar-refractivity contribution in [3.63, 3.8) is 0 Å². The van der Waals surface area contributed by atoms with Crippen molar-refractivity contribution in [2.75, 3.05) is 13.7 Å². The van der Waals surface area contributed by atoms with E-state index in [2.05, 4.69) is 6.92 Å². The summed E-state index contributed by atoms with van der Waals surface area (Å²) in [5.74, 6) is -0.410. The molecule has 5 nitrogen and oxygen atoms in total. The molecule has 0 aliphatic carbocycles. The van der Waals surface area contributed by atoms with Gasteiger partial charge in [-0.05, 0) is 31.4 Å². The number of halogens is 1. The van der Waals surface area contributed by atoms with Crippen molar-refractivity contribution in [3.05, 3.63) is 23.2 Å². The second-order valence-electron chi connectivity index (χ2n) is 7.23. The van der Waals surface area contributed by atoms with E-state index < -0.39 is 17.4 Å². The van der Waals surface area contributed by atoms with Crippen LogP contribution >= 0.6 is 11.6 Å². The van der Waals surface area contributed by atoms with Crippen LogP contribution in [0, 0.1) is 5.41 Å². The second-order valence-corrected chi connectivity index (χ2v) is 7.64. The molecule has 0 heterocycles. The fourth-order valence-electron chi connectivity index (χ4n) is 3.16. The Balaban J connectivity index is 2.63. The molecule has 1 aromatic rings. The summed E-state index contributed by atoms with van der Waals surface area (Å²) in [7, 11) is 1.53. The normalized spacial score (nSPS) is 11.2. The number of unbranched alkanes of at least 4 members (excludes halogenated alkanes) is 6. The molecular formula is C23H35ClO5. The molecule has 0 aliphatic heterocycles. The first kappa shape index (κ1) is 25.3. The molecule has 29 heavy (non-hydrogen) atoms. The van der Waals surface area contributed by atoms with E-state index in [9.17, 15) is 9.59 Å². The Labute approximate surface area is 180 Å². The largest absolute Gasteiger partial charge is 0.497 e. The summed E-state index contributed by atoms with van der Waals surface area (Å²) in [6.45, 7) is 6.09. The summed E-state index contributed by atoms with van der Waals surface area (Å²) in [6, 6.07) is 4.76. The zero-order valence-electron chi connectivity index (χ0n) is 18.2. The van der Waals surface area contributed by atoms with Gasteiger partial charge in [-0.1, -0.05) is 70.9 Å². The maximum Gasteiger partial charge on any atom is 0.328 e. The lowest BCUT2D eigenvalue weighted by atomic mass is 9.82. The van der Waals surface area contributed by atoms with Gasteiger partial charge in [0.2, 0.25) is 0 Å². The Morgan fingerprint density at radius 2 is 1.55 bits per heavy atom. The van der Waals surface area contributed by atoms with Crippen molar-refractivity contribution >= 4 is 23.5 Å². The van der Waals surface area contributed by atoms with Gasteiger partial charge >= 0.3 is 11.9 Å². The van der Waals surface area contributed by atoms with E-state index >= 15 is 0 Å². The Morgan fingerprint density at radius 1 is 0.931 bits per heavy atom. The van der Waals surface area contributed by atoms with Gasteiger partial charge in [-0.25, -0.2) is 0 Å². The molecule has 0 spiro atoms. The van der Waals surface area contributed by atoms with E-state index in [-0.39, 0.29) is 10.8 Å². The molecule has 0 radical (unpaired) electrons. The van der Waals surface area contributed by atoms with E-state index in [1.54, 1.807) is 32.0 Å². The summed E-state index contributed by atoms with van der Waals surface area (Å²) in [5, 5.41) is 0.246. The maximum absolute atomic E-state index is 12.9. The molecule has 0 bridgehead atoms. The summed E-state index contributed by atoms with van der Waals surface area (Å²) in [4.78, 5) is 25.6. The van der Waals surface area contributed by atoms with Gasteiger partial charge in [-0.3, -0.25) is 9.59 Å². The summed E-state index contributed by atoms with van der Waals surface area (Å²) in [6.07, 6.45) is 8.53. The monoisotopic (exact) mass is 426 g/mol. The first-order chi connectivity index (χ1) is 13.9. The molecule has 0 N–H and O–H groups in total. The molecule has 0 amide bonds. The van der Waals surface area contributed by atoms with Crippen LogP contribution in [0.15, 0.2) is 18.2 Å². The van der Waals surface area contributed by atoms with Gasteiger partial charge in [-0.15, -0.1) is 0 Å². The minimum Gasteiger partial charge on any atom is -0.497 e. The number of methoxy groups -OCH3 is 1. The minimum atomic E-state index is -1.33. The van der Waals surface area contributed by atoms with E-state index in [1.807, 2.05) is 0 Å². The van der Waals surface area contributed by atoms with Gasteiger partial charge in [0.05, 0.1) is 18.7 Å². The number of esters is 2. The zero-order chi connectivity index (χ0) is 21.7. The maximum atomic E-state index is 12.9. The quantitative estimate of drug-likeness (QED) is 0.150. The van der Waals surface area contributed by atoms with E-state index in [0.717, 1.165) is 19.3 Å². The van der Waals surface area contributed by atoms with Gasteiger partial charge in [0.1, 0.15) is 11.5 Å². The molecule has 6 heteroatoms. The fourth-order valence-corrected chi connectivity index (χ4v) is 3.37. The molecule has 0 saturated carbocycles. The van der Waals surface area contributed by atoms with Crippen molar-refractivity contribution in [3.8, 4) is 11.5 Å². The van der Waals surface area contributed by atoms with E-state index in [1.165, 1.54) is 32.8 Å². The summed E-state index contributed by atoms with van der Waals surface area (Å²) < 4.78 is 16.0. The highest BCUT2D eigenvalue weighted by Gasteiger charge is 2.46. The van der Waals surface area contributed by atoms with Gasteiger partial charge in [-0.2, -0.15) is 0 Å². The molecule has 0 unspecified atom stereocenters.